The number of nitrogens with two attached hydrogens (primary N) is 4. The van der Waals surface area contributed by atoms with E-state index in [9.17, 15) is 28.8 Å². The Bertz CT molecular complexity index is 2060. The molecule has 69 heavy (non-hydrogen) atoms. The van der Waals surface area contributed by atoms with Crippen molar-refractivity contribution in [3.63, 3.8) is 0 Å². The Labute approximate surface area is 408 Å². The van der Waals surface area contributed by atoms with Crippen LogP contribution in [0, 0.1) is 23.2 Å². The lowest BCUT2D eigenvalue weighted by molar-refractivity contribution is -0.199. The highest BCUT2D eigenvalue weighted by Crippen LogP contribution is 2.65. The molecular weight excluding hydrogens is 879 g/mol. The topological polar surface area (TPSA) is 297 Å². The third-order valence-corrected chi connectivity index (χ3v) is 14.3. The Morgan fingerprint density at radius 1 is 0.725 bits per heavy atom. The van der Waals surface area contributed by atoms with Gasteiger partial charge in [0.1, 0.15) is 24.2 Å². The van der Waals surface area contributed by atoms with Crippen molar-refractivity contribution in [1.82, 2.24) is 31.9 Å². The van der Waals surface area contributed by atoms with Gasteiger partial charge in [-0.1, -0.05) is 77.4 Å². The molecule has 4 fully saturated rings. The van der Waals surface area contributed by atoms with Gasteiger partial charge < -0.3 is 64.1 Å². The average molecular weight is 959 g/mol. The van der Waals surface area contributed by atoms with Crippen LogP contribution in [0.25, 0.3) is 11.1 Å². The van der Waals surface area contributed by atoms with Crippen LogP contribution in [0.2, 0.25) is 0 Å². The summed E-state index contributed by atoms with van der Waals surface area (Å²) in [5.41, 5.74) is 27.5. The van der Waals surface area contributed by atoms with Gasteiger partial charge in [0, 0.05) is 18.5 Å². The molecule has 2 unspecified atom stereocenters. The first kappa shape index (κ1) is 55.0. The first-order valence-corrected chi connectivity index (χ1v) is 25.0. The molecular formula is C50H79BN10O8. The highest BCUT2D eigenvalue weighted by Gasteiger charge is 2.68. The zero-order chi connectivity index (χ0) is 50.5. The third kappa shape index (κ3) is 14.6. The van der Waals surface area contributed by atoms with Gasteiger partial charge >= 0.3 is 7.12 Å². The van der Waals surface area contributed by atoms with Crippen LogP contribution in [0.5, 0.6) is 0 Å². The molecule has 1 heterocycles. The molecule has 0 radical (unpaired) electrons. The molecule has 0 aromatic heterocycles. The van der Waals surface area contributed by atoms with Crippen LogP contribution in [0.15, 0.2) is 48.5 Å². The van der Waals surface area contributed by atoms with Gasteiger partial charge in [0.05, 0.1) is 11.7 Å². The van der Waals surface area contributed by atoms with Gasteiger partial charge in [-0.3, -0.25) is 28.8 Å². The number of hydrogen-bond acceptors (Lipinski definition) is 12. The summed E-state index contributed by atoms with van der Waals surface area (Å²) < 4.78 is 12.7. The molecule has 2 aromatic carbocycles. The molecule has 2 aromatic rings. The fourth-order valence-electron chi connectivity index (χ4n) is 10.0. The molecule has 0 spiro atoms. The molecule has 3 saturated carbocycles. The molecule has 18 nitrogen and oxygen atoms in total. The molecule has 6 rings (SSSR count). The Hall–Kier alpha value is -4.92. The standard InChI is InChI=1S/C50H79BN10O8/c1-7-8-12-31-15-17-32(18-16-31)33-19-21-34(22-20-33)43(63)56-26-23-41(62)57-36(13-9-10-24-52)44(64)58-37(14-11-25-53)45(65)60-42(54)47(67)59-38(27-30(2)3)46(66)61-48(55)51-68-40-29-35-28-39(49(35,4)5)50(40,6)69-51/h15-22,30,35-40,42,48H,7-14,23-29,52-55H2,1-6H3,(H,56,63)(H,57,62)(H,58,64)(H,59,67)(H,60,65)(H,61,66)/t35-,36-,37?,38-,39-,40?,42+,48+,50-/m0/s1. The van der Waals surface area contributed by atoms with E-state index in [2.05, 4.69) is 83.9 Å². The molecule has 19 heteroatoms. The molecule has 3 aliphatic carbocycles. The lowest BCUT2D eigenvalue weighted by atomic mass is 9.43. The van der Waals surface area contributed by atoms with Crippen LogP contribution in [-0.2, 0) is 39.7 Å². The summed E-state index contributed by atoms with van der Waals surface area (Å²) in [6.45, 7) is 13.1. The zero-order valence-electron chi connectivity index (χ0n) is 41.6. The van der Waals surface area contributed by atoms with Gasteiger partial charge in [0.25, 0.3) is 11.8 Å². The summed E-state index contributed by atoms with van der Waals surface area (Å²) >= 11 is 0. The van der Waals surface area contributed by atoms with Crippen LogP contribution >= 0.6 is 0 Å². The highest BCUT2D eigenvalue weighted by atomic mass is 16.7. The third-order valence-electron chi connectivity index (χ3n) is 14.3. The van der Waals surface area contributed by atoms with Crippen molar-refractivity contribution < 1.29 is 38.1 Å². The van der Waals surface area contributed by atoms with Crippen molar-refractivity contribution in [3.05, 3.63) is 59.7 Å². The van der Waals surface area contributed by atoms with Crippen LogP contribution < -0.4 is 54.8 Å². The van der Waals surface area contributed by atoms with Gasteiger partial charge in [0.2, 0.25) is 23.6 Å². The van der Waals surface area contributed by atoms with Crippen molar-refractivity contribution in [1.29, 1.82) is 0 Å². The second-order valence-electron chi connectivity index (χ2n) is 20.3. The molecule has 380 valence electrons. The monoisotopic (exact) mass is 959 g/mol. The Balaban J connectivity index is 1.11. The van der Waals surface area contributed by atoms with Crippen LogP contribution in [0.1, 0.15) is 128 Å². The van der Waals surface area contributed by atoms with E-state index in [1.54, 1.807) is 12.1 Å². The summed E-state index contributed by atoms with van der Waals surface area (Å²) in [6.07, 6.45) is 5.36. The van der Waals surface area contributed by atoms with Gasteiger partial charge in [0.15, 0.2) is 6.17 Å². The van der Waals surface area contributed by atoms with Gasteiger partial charge in [-0.15, -0.1) is 0 Å². The van der Waals surface area contributed by atoms with E-state index < -0.39 is 72.6 Å². The van der Waals surface area contributed by atoms with E-state index >= 15 is 0 Å². The summed E-state index contributed by atoms with van der Waals surface area (Å²) in [5.74, 6) is -2.83. The van der Waals surface area contributed by atoms with Gasteiger partial charge in [-0.05, 0) is 136 Å². The first-order valence-electron chi connectivity index (χ1n) is 25.0. The SMILES string of the molecule is CCCCc1ccc(-c2ccc(C(=O)NCCC(=O)N[C@@H](CCCCN)C(=O)NC(CCCN)C(=O)N[C@@H](N)C(=O)N[C@@H](CC(C)C)C(=O)N[C@@H](N)B3OC4C[C@@H]5C[C@@H](C5(C)C)[C@]4(C)O3)cc2)cc1. The number of carbonyl (C=O) groups excluding carboxylic acids is 6. The number of carbonyl (C=O) groups is 6. The first-order chi connectivity index (χ1) is 32.8. The minimum atomic E-state index is -1.61. The lowest BCUT2D eigenvalue weighted by Crippen LogP contribution is -2.65. The number of nitrogens with one attached hydrogen (secondary N) is 6. The largest absolute Gasteiger partial charge is 0.497 e. The van der Waals surface area contributed by atoms with Crippen molar-refractivity contribution in [2.45, 2.75) is 161 Å². The molecule has 1 saturated heterocycles. The summed E-state index contributed by atoms with van der Waals surface area (Å²) in [5, 5.41) is 16.1. The molecule has 9 atom stereocenters. The Morgan fingerprint density at radius 3 is 1.94 bits per heavy atom. The summed E-state index contributed by atoms with van der Waals surface area (Å²) in [4.78, 5) is 80.6. The number of unbranched alkanes of at least 4 members (excludes halogenated alkanes) is 2. The summed E-state index contributed by atoms with van der Waals surface area (Å²) in [6, 6.07) is 11.3. The van der Waals surface area contributed by atoms with E-state index in [1.807, 2.05) is 26.0 Å². The average Bonchev–Trinajstić information content (AvgIpc) is 3.69. The Kier molecular flexibility index (Phi) is 20.2. The number of hydrogen-bond donors (Lipinski definition) is 10. The molecule has 2 bridgehead atoms. The van der Waals surface area contributed by atoms with E-state index in [0.29, 0.717) is 43.2 Å². The minimum absolute atomic E-state index is 0.0132. The predicted octanol–water partition coefficient (Wildman–Crippen LogP) is 2.25. The van der Waals surface area contributed by atoms with Crippen LogP contribution in [-0.4, -0.2) is 104 Å². The van der Waals surface area contributed by atoms with Crippen LogP contribution in [0.3, 0.4) is 0 Å². The zero-order valence-corrected chi connectivity index (χ0v) is 41.6. The molecule has 6 amide bonds. The maximum absolute atomic E-state index is 13.7. The fraction of sp³-hybridized carbons (Fsp3) is 0.640. The lowest BCUT2D eigenvalue weighted by Gasteiger charge is -2.64. The quantitative estimate of drug-likeness (QED) is 0.0351. The second kappa shape index (κ2) is 25.3. The van der Waals surface area contributed by atoms with Gasteiger partial charge in [-0.2, -0.15) is 0 Å². The number of amides is 6. The van der Waals surface area contributed by atoms with Crippen molar-refractivity contribution >= 4 is 42.6 Å². The van der Waals surface area contributed by atoms with Gasteiger partial charge in [-0.25, -0.2) is 0 Å². The second-order valence-corrected chi connectivity index (χ2v) is 20.3. The molecule has 1 aliphatic heterocycles. The summed E-state index contributed by atoms with van der Waals surface area (Å²) in [7, 11) is -0.878. The maximum Gasteiger partial charge on any atom is 0.497 e. The van der Waals surface area contributed by atoms with Crippen molar-refractivity contribution in [3.8, 4) is 11.1 Å². The normalized spacial score (nSPS) is 22.2. The van der Waals surface area contributed by atoms with Crippen LogP contribution in [0.4, 0.5) is 0 Å². The van der Waals surface area contributed by atoms with E-state index in [1.165, 1.54) is 5.56 Å². The number of benzene rings is 2. The molecule has 14 N–H and O–H groups in total. The van der Waals surface area contributed by atoms with E-state index in [0.717, 1.165) is 43.2 Å². The highest BCUT2D eigenvalue weighted by molar-refractivity contribution is 6.47. The predicted molar refractivity (Wildman–Crippen MR) is 266 cm³/mol. The Morgan fingerprint density at radius 2 is 1.32 bits per heavy atom. The van der Waals surface area contributed by atoms with Crippen molar-refractivity contribution in [2.24, 2.45) is 46.1 Å². The minimum Gasteiger partial charge on any atom is -0.403 e. The maximum atomic E-state index is 13.7. The van der Waals surface area contributed by atoms with Crippen molar-refractivity contribution in [2.75, 3.05) is 19.6 Å². The van der Waals surface area contributed by atoms with E-state index in [4.69, 9.17) is 32.2 Å². The number of aryl methyl sites for hydroxylation is 1. The smallest absolute Gasteiger partial charge is 0.403 e. The molecule has 4 aliphatic rings. The van der Waals surface area contributed by atoms with E-state index in [-0.39, 0.29) is 62.1 Å². The number of rotatable bonds is 27. The fourth-order valence-corrected chi connectivity index (χ4v) is 10.0.